The Hall–Kier alpha value is -3.02. The van der Waals surface area contributed by atoms with Crippen LogP contribution in [0.5, 0.6) is 0 Å². The van der Waals surface area contributed by atoms with Gasteiger partial charge in [-0.05, 0) is 48.7 Å². The second-order valence-corrected chi connectivity index (χ2v) is 7.34. The first kappa shape index (κ1) is 19.7. The third-order valence-corrected chi connectivity index (χ3v) is 4.54. The number of nitrogens with zero attached hydrogens (tertiary/aromatic N) is 1. The summed E-state index contributed by atoms with van der Waals surface area (Å²) in [5, 5.41) is 6.75. The summed E-state index contributed by atoms with van der Waals surface area (Å²) in [5.41, 5.74) is 2.30. The van der Waals surface area contributed by atoms with Gasteiger partial charge < -0.3 is 19.6 Å². The Bertz CT molecular complexity index is 955. The largest absolute Gasteiger partial charge is 0.459 e. The van der Waals surface area contributed by atoms with E-state index in [2.05, 4.69) is 36.0 Å². The van der Waals surface area contributed by atoms with Gasteiger partial charge in [-0.2, -0.15) is 0 Å². The van der Waals surface area contributed by atoms with E-state index in [1.165, 1.54) is 6.26 Å². The number of aryl methyl sites for hydroxylation is 1. The molecule has 0 saturated carbocycles. The molecule has 2 amide bonds. The van der Waals surface area contributed by atoms with Gasteiger partial charge in [0.25, 0.3) is 11.8 Å². The maximum Gasteiger partial charge on any atom is 0.291 e. The van der Waals surface area contributed by atoms with E-state index in [4.69, 9.17) is 4.42 Å². The van der Waals surface area contributed by atoms with E-state index < -0.39 is 0 Å². The summed E-state index contributed by atoms with van der Waals surface area (Å²) < 4.78 is 7.19. The van der Waals surface area contributed by atoms with E-state index in [1.54, 1.807) is 12.1 Å². The molecule has 148 valence electrons. The monoisotopic (exact) mass is 381 g/mol. The molecule has 0 spiro atoms. The van der Waals surface area contributed by atoms with E-state index in [1.807, 2.05) is 24.3 Å². The van der Waals surface area contributed by atoms with Crippen molar-refractivity contribution in [2.75, 3.05) is 11.9 Å². The summed E-state index contributed by atoms with van der Waals surface area (Å²) in [6.07, 6.45) is 3.50. The topological polar surface area (TPSA) is 76.3 Å². The van der Waals surface area contributed by atoms with E-state index in [0.29, 0.717) is 23.8 Å². The Morgan fingerprint density at radius 3 is 2.64 bits per heavy atom. The number of amides is 2. The van der Waals surface area contributed by atoms with Crippen molar-refractivity contribution in [3.63, 3.8) is 0 Å². The van der Waals surface area contributed by atoms with Crippen molar-refractivity contribution in [3.05, 3.63) is 54.1 Å². The van der Waals surface area contributed by atoms with Gasteiger partial charge in [0, 0.05) is 29.7 Å². The van der Waals surface area contributed by atoms with Gasteiger partial charge in [-0.25, -0.2) is 0 Å². The number of hydrogen-bond donors (Lipinski definition) is 2. The molecule has 0 bridgehead atoms. The molecule has 0 aliphatic heterocycles. The Balaban J connectivity index is 1.89. The minimum atomic E-state index is -0.301. The van der Waals surface area contributed by atoms with E-state index >= 15 is 0 Å². The molecule has 0 saturated heterocycles. The molecular weight excluding hydrogens is 354 g/mol. The van der Waals surface area contributed by atoms with Crippen LogP contribution in [0, 0.1) is 5.92 Å². The molecule has 6 heteroatoms. The smallest absolute Gasteiger partial charge is 0.291 e. The van der Waals surface area contributed by atoms with Crippen LogP contribution in [0.4, 0.5) is 5.69 Å². The standard InChI is InChI=1S/C22H27N3O3/c1-4-5-10-25-18-9-8-17(24-22(27)20-7-6-11-28-20)12-16(18)13-19(25)21(26)23-14-15(2)3/h6-9,11-13,15H,4-5,10,14H2,1-3H3,(H,23,26)(H,24,27). The number of nitrogens with one attached hydrogen (secondary N) is 2. The fourth-order valence-corrected chi connectivity index (χ4v) is 3.08. The van der Waals surface area contributed by atoms with Crippen LogP contribution in [-0.4, -0.2) is 22.9 Å². The van der Waals surface area contributed by atoms with Crippen molar-refractivity contribution in [3.8, 4) is 0 Å². The minimum absolute atomic E-state index is 0.0674. The molecule has 0 unspecified atom stereocenters. The molecule has 0 fully saturated rings. The number of anilines is 1. The number of hydrogen-bond acceptors (Lipinski definition) is 3. The van der Waals surface area contributed by atoms with Crippen LogP contribution < -0.4 is 10.6 Å². The maximum atomic E-state index is 12.7. The first-order chi connectivity index (χ1) is 13.5. The summed E-state index contributed by atoms with van der Waals surface area (Å²) in [6, 6.07) is 10.9. The van der Waals surface area contributed by atoms with Crippen LogP contribution in [0.15, 0.2) is 47.1 Å². The van der Waals surface area contributed by atoms with Crippen LogP contribution in [0.1, 0.15) is 54.7 Å². The highest BCUT2D eigenvalue weighted by Crippen LogP contribution is 2.25. The van der Waals surface area contributed by atoms with Crippen molar-refractivity contribution in [1.82, 2.24) is 9.88 Å². The predicted octanol–water partition coefficient (Wildman–Crippen LogP) is 4.67. The van der Waals surface area contributed by atoms with E-state index in [-0.39, 0.29) is 17.6 Å². The van der Waals surface area contributed by atoms with Gasteiger partial charge in [0.15, 0.2) is 5.76 Å². The van der Waals surface area contributed by atoms with E-state index in [9.17, 15) is 9.59 Å². The third kappa shape index (κ3) is 4.44. The van der Waals surface area contributed by atoms with Crippen molar-refractivity contribution >= 4 is 28.4 Å². The van der Waals surface area contributed by atoms with Gasteiger partial charge in [0.1, 0.15) is 5.69 Å². The van der Waals surface area contributed by atoms with Crippen molar-refractivity contribution in [2.45, 2.75) is 40.2 Å². The third-order valence-electron chi connectivity index (χ3n) is 4.54. The Morgan fingerprint density at radius 1 is 1.14 bits per heavy atom. The van der Waals surface area contributed by atoms with Crippen LogP contribution in [0.25, 0.3) is 10.9 Å². The van der Waals surface area contributed by atoms with Crippen molar-refractivity contribution in [2.24, 2.45) is 5.92 Å². The number of carbonyl (C=O) groups is 2. The number of rotatable bonds is 8. The average Bonchev–Trinajstić information content (AvgIpc) is 3.32. The number of carbonyl (C=O) groups excluding carboxylic acids is 2. The van der Waals surface area contributed by atoms with Gasteiger partial charge in [0.2, 0.25) is 0 Å². The summed E-state index contributed by atoms with van der Waals surface area (Å²) in [7, 11) is 0. The van der Waals surface area contributed by atoms with Gasteiger partial charge in [-0.1, -0.05) is 27.2 Å². The summed E-state index contributed by atoms with van der Waals surface area (Å²) >= 11 is 0. The number of unbranched alkanes of at least 4 members (excludes halogenated alkanes) is 1. The minimum Gasteiger partial charge on any atom is -0.459 e. The molecule has 3 aromatic rings. The van der Waals surface area contributed by atoms with Gasteiger partial charge >= 0.3 is 0 Å². The quantitative estimate of drug-likeness (QED) is 0.595. The molecular formula is C22H27N3O3. The zero-order valence-corrected chi connectivity index (χ0v) is 16.6. The molecule has 2 heterocycles. The molecule has 0 aliphatic rings. The summed E-state index contributed by atoms with van der Waals surface area (Å²) in [5.74, 6) is 0.280. The summed E-state index contributed by atoms with van der Waals surface area (Å²) in [4.78, 5) is 24.9. The first-order valence-electron chi connectivity index (χ1n) is 9.76. The van der Waals surface area contributed by atoms with E-state index in [0.717, 1.165) is 30.3 Å². The molecule has 3 rings (SSSR count). The molecule has 2 N–H and O–H groups in total. The molecule has 0 aliphatic carbocycles. The first-order valence-corrected chi connectivity index (χ1v) is 9.76. The number of aromatic nitrogens is 1. The van der Waals surface area contributed by atoms with Gasteiger partial charge in [-0.15, -0.1) is 0 Å². The Kier molecular flexibility index (Phi) is 6.19. The fraction of sp³-hybridized carbons (Fsp3) is 0.364. The van der Waals surface area contributed by atoms with Crippen LogP contribution in [0.2, 0.25) is 0 Å². The molecule has 0 atom stereocenters. The van der Waals surface area contributed by atoms with Crippen molar-refractivity contribution in [1.29, 1.82) is 0 Å². The van der Waals surface area contributed by atoms with Crippen LogP contribution >= 0.6 is 0 Å². The summed E-state index contributed by atoms with van der Waals surface area (Å²) in [6.45, 7) is 7.69. The normalized spacial score (nSPS) is 11.1. The number of fused-ring (bicyclic) bond motifs is 1. The van der Waals surface area contributed by atoms with Crippen LogP contribution in [0.3, 0.4) is 0 Å². The van der Waals surface area contributed by atoms with Gasteiger partial charge in [0.05, 0.1) is 6.26 Å². The Labute approximate surface area is 164 Å². The predicted molar refractivity (Wildman–Crippen MR) is 111 cm³/mol. The lowest BCUT2D eigenvalue weighted by Crippen LogP contribution is -2.29. The SMILES string of the molecule is CCCCn1c(C(=O)NCC(C)C)cc2cc(NC(=O)c3ccco3)ccc21. The average molecular weight is 381 g/mol. The maximum absolute atomic E-state index is 12.7. The number of benzene rings is 1. The lowest BCUT2D eigenvalue weighted by molar-refractivity contribution is 0.0939. The molecule has 2 aromatic heterocycles. The second kappa shape index (κ2) is 8.78. The number of furan rings is 1. The lowest BCUT2D eigenvalue weighted by atomic mass is 10.2. The zero-order chi connectivity index (χ0) is 20.1. The van der Waals surface area contributed by atoms with Crippen molar-refractivity contribution < 1.29 is 14.0 Å². The Morgan fingerprint density at radius 2 is 1.96 bits per heavy atom. The zero-order valence-electron chi connectivity index (χ0n) is 16.6. The highest BCUT2D eigenvalue weighted by atomic mass is 16.3. The molecule has 0 radical (unpaired) electrons. The second-order valence-electron chi connectivity index (χ2n) is 7.34. The fourth-order valence-electron chi connectivity index (χ4n) is 3.08. The molecule has 1 aromatic carbocycles. The highest BCUT2D eigenvalue weighted by Gasteiger charge is 2.16. The molecule has 6 nitrogen and oxygen atoms in total. The van der Waals surface area contributed by atoms with Crippen LogP contribution in [-0.2, 0) is 6.54 Å². The van der Waals surface area contributed by atoms with Gasteiger partial charge in [-0.3, -0.25) is 9.59 Å². The lowest BCUT2D eigenvalue weighted by Gasteiger charge is -2.12. The highest BCUT2D eigenvalue weighted by molar-refractivity contribution is 6.04. The molecule has 28 heavy (non-hydrogen) atoms.